The second-order valence-corrected chi connectivity index (χ2v) is 33.2. The van der Waals surface area contributed by atoms with Crippen molar-refractivity contribution in [2.24, 2.45) is 47.3 Å². The Morgan fingerprint density at radius 2 is 1.12 bits per heavy atom. The average molecular weight is 1610 g/mol. The van der Waals surface area contributed by atoms with Crippen LogP contribution in [-0.2, 0) is 57.4 Å². The third-order valence-corrected chi connectivity index (χ3v) is 23.3. The molecule has 27 nitrogen and oxygen atoms in total. The summed E-state index contributed by atoms with van der Waals surface area (Å²) in [6.07, 6.45) is 2.72. The minimum absolute atomic E-state index is 0. The average Bonchev–Trinajstić information content (AvgIpc) is 0.928. The van der Waals surface area contributed by atoms with E-state index in [-0.39, 0.29) is 46.1 Å². The standard InChI is InChI=1S/C64H88N10O16.C18H18ClNS.ClH/c1-27(2)44-53(78)35-19-17-21-37(35)61(84)71(13)25-40(75)73(15)50(29(5)6)63(86)88-33(11)46(59(82)67-44)69-57(80)39-24-23-31(9)55-48(39)66-49-42(43(65)52(77)32(10)56(49)90-55)58(81)70-47-34(12)89-64(87)51(30(7)8)74(16)41(76)26-72(14)62(85)38-22-18-20-36(38)54(79)45(28(3)4)68-60(47)83;1-20(2)11-5-7-14-15-6-3-4-8-17(15)21-18-10-9-13(19)12-16(14)18;/h23-24,27-30,33-38,44-47,50-51H,17-22,25-26,65H2,1-16H3,(H,67,82)(H,68,83)(H,69,80)(H,70,81);3-4,6-10,12H,5,11H2,1-2H3;1H. The Bertz CT molecular complexity index is 4540. The number of rotatable bonds is 11. The smallest absolute Gasteiger partial charge is 0.329 e. The van der Waals surface area contributed by atoms with Gasteiger partial charge in [-0.05, 0) is 150 Å². The van der Waals surface area contributed by atoms with Crippen LogP contribution in [0.15, 0.2) is 79.7 Å². The number of likely N-dealkylation sites (N-methyl/N-ethyl adjacent to an activating group) is 4. The topological polar surface area (TPSA) is 357 Å². The number of ether oxygens (including phenoxy) is 2. The zero-order valence-electron chi connectivity index (χ0n) is 67.1. The van der Waals surface area contributed by atoms with Crippen LogP contribution in [0.2, 0.25) is 5.02 Å². The van der Waals surface area contributed by atoms with Gasteiger partial charge in [-0.1, -0.05) is 122 Å². The Morgan fingerprint density at radius 3 is 1.61 bits per heavy atom. The van der Waals surface area contributed by atoms with Gasteiger partial charge < -0.3 is 65.4 Å². The van der Waals surface area contributed by atoms with Gasteiger partial charge in [-0.15, -0.1) is 12.4 Å². The third-order valence-electron chi connectivity index (χ3n) is 21.9. The molecule has 0 spiro atoms. The normalized spacial score (nSPS) is 25.2. The number of hydrogen-bond donors (Lipinski definition) is 5. The Kier molecular flexibility index (Phi) is 29.3. The van der Waals surface area contributed by atoms with E-state index in [0.717, 1.165) is 27.8 Å². The van der Waals surface area contributed by atoms with E-state index < -0.39 is 196 Å². The van der Waals surface area contributed by atoms with Gasteiger partial charge >= 0.3 is 11.9 Å². The van der Waals surface area contributed by atoms with Gasteiger partial charge in [-0.3, -0.25) is 52.7 Å². The van der Waals surface area contributed by atoms with Crippen LogP contribution in [0, 0.1) is 61.2 Å². The van der Waals surface area contributed by atoms with Crippen LogP contribution in [0.3, 0.4) is 0 Å². The minimum Gasteiger partial charge on any atom is -0.458 e. The van der Waals surface area contributed by atoms with Gasteiger partial charge in [0.25, 0.3) is 11.8 Å². The molecule has 7 aliphatic rings. The summed E-state index contributed by atoms with van der Waals surface area (Å²) in [6, 6.07) is 9.07. The Morgan fingerprint density at radius 1 is 0.652 bits per heavy atom. The summed E-state index contributed by atoms with van der Waals surface area (Å²) in [5.41, 5.74) is 7.55. The number of anilines is 1. The van der Waals surface area contributed by atoms with Gasteiger partial charge in [0.2, 0.25) is 40.9 Å². The van der Waals surface area contributed by atoms with Crippen molar-refractivity contribution < 1.29 is 71.4 Å². The van der Waals surface area contributed by atoms with Crippen molar-refractivity contribution in [3.63, 3.8) is 0 Å². The molecule has 3 aromatic rings. The number of carbonyl (C=O) groups excluding carboxylic acids is 12. The molecule has 4 aliphatic heterocycles. The fourth-order valence-corrected chi connectivity index (χ4v) is 17.0. The van der Waals surface area contributed by atoms with Gasteiger partial charge in [0.15, 0.2) is 22.9 Å². The maximum atomic E-state index is 15.2. The number of hydrogen-bond acceptors (Lipinski definition) is 20. The van der Waals surface area contributed by atoms with Crippen molar-refractivity contribution in [3.05, 3.63) is 109 Å². The Balaban J connectivity index is 0.000000610. The number of aromatic nitrogens is 1. The van der Waals surface area contributed by atoms with Gasteiger partial charge in [0.1, 0.15) is 47.6 Å². The molecule has 3 aliphatic carbocycles. The molecule has 3 aromatic carbocycles. The van der Waals surface area contributed by atoms with Crippen molar-refractivity contribution in [2.75, 3.05) is 67.7 Å². The molecule has 12 unspecified atom stereocenters. The molecule has 6 N–H and O–H groups in total. The van der Waals surface area contributed by atoms with Crippen LogP contribution in [-0.4, -0.2) is 211 Å². The molecule has 2 saturated heterocycles. The molecule has 0 radical (unpaired) electrons. The number of nitrogens with zero attached hydrogens (tertiary/aromatic N) is 6. The number of esters is 2. The van der Waals surface area contributed by atoms with Crippen molar-refractivity contribution in [1.29, 1.82) is 0 Å². The molecule has 0 aromatic heterocycles. The Labute approximate surface area is 669 Å². The maximum Gasteiger partial charge on any atom is 0.329 e. The summed E-state index contributed by atoms with van der Waals surface area (Å²) < 4.78 is 18.3. The first kappa shape index (κ1) is 88.3. The number of nitrogen functional groups attached to an aromatic ring is 1. The lowest BCUT2D eigenvalue weighted by Gasteiger charge is -2.35. The van der Waals surface area contributed by atoms with Crippen LogP contribution < -0.4 is 32.4 Å². The molecule has 2 saturated carbocycles. The maximum absolute atomic E-state index is 15.2. The van der Waals surface area contributed by atoms with E-state index in [0.29, 0.717) is 44.1 Å². The first-order valence-corrected chi connectivity index (χ1v) is 39.3. The number of halogens is 2. The number of Topliss-reactive ketones (excluding diaryl/α,β-unsaturated/α-hetero) is 2. The number of nitrogens with two attached hydrogens (primary N) is 1. The summed E-state index contributed by atoms with van der Waals surface area (Å²) >= 11 is 8.03. The number of cyclic esters (lactones) is 2. The van der Waals surface area contributed by atoms with Crippen LogP contribution in [0.4, 0.5) is 5.69 Å². The van der Waals surface area contributed by atoms with E-state index in [1.54, 1.807) is 62.3 Å². The molecule has 10 rings (SSSR count). The molecule has 112 heavy (non-hydrogen) atoms. The highest BCUT2D eigenvalue weighted by Crippen LogP contribution is 2.47. The van der Waals surface area contributed by atoms with Crippen LogP contribution >= 0.6 is 35.8 Å². The molecule has 4 fully saturated rings. The van der Waals surface area contributed by atoms with E-state index >= 15 is 9.59 Å². The van der Waals surface area contributed by atoms with Crippen LogP contribution in [0.25, 0.3) is 28.1 Å². The number of nitrogens with one attached hydrogen (secondary N) is 4. The number of aryl methyl sites for hydroxylation is 1. The summed E-state index contributed by atoms with van der Waals surface area (Å²) in [4.78, 5) is 202. The van der Waals surface area contributed by atoms with Gasteiger partial charge in [-0.2, -0.15) is 0 Å². The quantitative estimate of drug-likeness (QED) is 0.0462. The van der Waals surface area contributed by atoms with Crippen molar-refractivity contribution in [3.8, 4) is 11.5 Å². The van der Waals surface area contributed by atoms with Crippen LogP contribution in [0.5, 0.6) is 0 Å². The summed E-state index contributed by atoms with van der Waals surface area (Å²) in [5, 5.41) is 11.6. The molecule has 4 heterocycles. The highest BCUT2D eigenvalue weighted by molar-refractivity contribution is 7.99. The zero-order valence-corrected chi connectivity index (χ0v) is 69.5. The van der Waals surface area contributed by atoms with E-state index in [2.05, 4.69) is 82.7 Å². The predicted octanol–water partition coefficient (Wildman–Crippen LogP) is 8.32. The lowest BCUT2D eigenvalue weighted by atomic mass is 9.83. The van der Waals surface area contributed by atoms with E-state index in [1.807, 2.05) is 17.8 Å². The molecular formula is C82H107Cl2N11O16S. The van der Waals surface area contributed by atoms with Crippen molar-refractivity contribution in [2.45, 2.75) is 186 Å². The van der Waals surface area contributed by atoms with E-state index in [9.17, 15) is 52.7 Å². The third kappa shape index (κ3) is 19.0. The van der Waals surface area contributed by atoms with E-state index in [4.69, 9.17) is 36.2 Å². The van der Waals surface area contributed by atoms with E-state index in [1.165, 1.54) is 97.4 Å². The lowest BCUT2D eigenvalue weighted by molar-refractivity contribution is -0.163. The Hall–Kier alpha value is -9.25. The first-order valence-electron chi connectivity index (χ1n) is 38.1. The monoisotopic (exact) mass is 1600 g/mol. The van der Waals surface area contributed by atoms with Crippen LogP contribution in [0.1, 0.15) is 157 Å². The van der Waals surface area contributed by atoms with Gasteiger partial charge in [-0.25, -0.2) is 14.6 Å². The molecule has 30 heteroatoms. The number of benzene rings is 4. The van der Waals surface area contributed by atoms with Gasteiger partial charge in [0.05, 0.1) is 42.0 Å². The minimum atomic E-state index is -1.86. The zero-order chi connectivity index (χ0) is 81.8. The van der Waals surface area contributed by atoms with Crippen molar-refractivity contribution >= 4 is 129 Å². The molecule has 12 atom stereocenters. The number of ketones is 2. The lowest BCUT2D eigenvalue weighted by Crippen LogP contribution is -2.59. The SMILES string of the molecule is CN(C)CCC=C1c2ccccc2Sc2ccc(Cl)cc21.Cc1c2oc3c(C)ccc(C(=O)NC4C(=O)NC(C(C)C)C(=O)C5CCCC5C(=O)N(C)CC(=O)N(C)C(C(C)C)C(=O)OC4C)c3nc-2c(C(=O)NC2C(=O)NC(C(C)C)C(=O)C3CCCC3C(=O)N(C)CC(=O)N(C)C(C(C)C)C(=O)OC2C)c(N)c1=O.Cl. The second kappa shape index (κ2) is 37.1. The highest BCUT2D eigenvalue weighted by Gasteiger charge is 2.48. The molecular weight excluding hydrogens is 1500 g/mol. The first-order chi connectivity index (χ1) is 52.2. The number of amides is 8. The van der Waals surface area contributed by atoms with Gasteiger partial charge in [0, 0.05) is 78.8 Å². The second-order valence-electron chi connectivity index (χ2n) is 31.7. The number of fused-ring (bicyclic) bond motifs is 6. The van der Waals surface area contributed by atoms with Crippen molar-refractivity contribution in [1.82, 2.24) is 50.8 Å². The fraction of sp³-hybridized carbons (Fsp3) is 0.537. The number of carbonyl (C=O) groups is 12. The molecule has 0 bridgehead atoms. The predicted molar refractivity (Wildman–Crippen MR) is 427 cm³/mol. The summed E-state index contributed by atoms with van der Waals surface area (Å²) in [7, 11) is 9.87. The molecule has 606 valence electrons. The highest BCUT2D eigenvalue weighted by atomic mass is 35.5. The largest absolute Gasteiger partial charge is 0.458 e. The summed E-state index contributed by atoms with van der Waals surface area (Å²) in [5.74, 6) is -14.9. The summed E-state index contributed by atoms with van der Waals surface area (Å²) in [6.45, 7) is 19.3. The molecule has 8 amide bonds. The fourth-order valence-electron chi connectivity index (χ4n) is 15.7.